The highest BCUT2D eigenvalue weighted by Crippen LogP contribution is 2.29. The fourth-order valence-electron chi connectivity index (χ4n) is 2.10. The second kappa shape index (κ2) is 7.14. The fourth-order valence-corrected chi connectivity index (χ4v) is 2.64. The Morgan fingerprint density at radius 3 is 2.50 bits per heavy atom. The van der Waals surface area contributed by atoms with Crippen LogP contribution in [0.3, 0.4) is 0 Å². The van der Waals surface area contributed by atoms with Crippen LogP contribution in [0.4, 0.5) is 0 Å². The van der Waals surface area contributed by atoms with Gasteiger partial charge in [0.25, 0.3) is 0 Å². The van der Waals surface area contributed by atoms with E-state index >= 15 is 0 Å². The number of furan rings is 1. The lowest BCUT2D eigenvalue weighted by atomic mass is 10.0. The van der Waals surface area contributed by atoms with Crippen LogP contribution in [0, 0.1) is 0 Å². The van der Waals surface area contributed by atoms with E-state index in [4.69, 9.17) is 32.4 Å². The highest BCUT2D eigenvalue weighted by molar-refractivity contribution is 6.34. The van der Waals surface area contributed by atoms with Crippen molar-refractivity contribution in [2.75, 3.05) is 13.7 Å². The average Bonchev–Trinajstić information content (AvgIpc) is 2.83. The quantitative estimate of drug-likeness (QED) is 0.856. The van der Waals surface area contributed by atoms with Crippen molar-refractivity contribution in [2.24, 2.45) is 0 Å². The summed E-state index contributed by atoms with van der Waals surface area (Å²) in [6.07, 6.45) is 0. The Kier molecular flexibility index (Phi) is 5.49. The zero-order chi connectivity index (χ0) is 14.5. The van der Waals surface area contributed by atoms with Crippen molar-refractivity contribution in [2.45, 2.75) is 19.6 Å². The minimum absolute atomic E-state index is 0.0817. The predicted molar refractivity (Wildman–Crippen MR) is 81.4 cm³/mol. The minimum Gasteiger partial charge on any atom is -0.462 e. The number of benzene rings is 1. The van der Waals surface area contributed by atoms with Gasteiger partial charge in [-0.15, -0.1) is 0 Å². The van der Waals surface area contributed by atoms with Gasteiger partial charge in [-0.25, -0.2) is 0 Å². The smallest absolute Gasteiger partial charge is 0.129 e. The van der Waals surface area contributed by atoms with E-state index in [1.165, 1.54) is 0 Å². The molecule has 1 unspecified atom stereocenters. The van der Waals surface area contributed by atoms with Crippen LogP contribution >= 0.6 is 23.2 Å². The summed E-state index contributed by atoms with van der Waals surface area (Å²) in [6.45, 7) is 3.29. The normalized spacial score (nSPS) is 12.6. The summed E-state index contributed by atoms with van der Waals surface area (Å²) in [5, 5.41) is 4.59. The van der Waals surface area contributed by atoms with Gasteiger partial charge in [0.15, 0.2) is 0 Å². The van der Waals surface area contributed by atoms with Crippen LogP contribution in [0.15, 0.2) is 34.7 Å². The molecule has 0 spiro atoms. The largest absolute Gasteiger partial charge is 0.462 e. The molecule has 0 aliphatic rings. The Labute approximate surface area is 128 Å². The molecule has 3 nitrogen and oxygen atoms in total. The van der Waals surface area contributed by atoms with Crippen molar-refractivity contribution in [3.05, 3.63) is 57.5 Å². The highest BCUT2D eigenvalue weighted by Gasteiger charge is 2.18. The maximum absolute atomic E-state index is 6.07. The predicted octanol–water partition coefficient (Wildman–Crippen LogP) is 4.43. The maximum Gasteiger partial charge on any atom is 0.129 e. The van der Waals surface area contributed by atoms with E-state index in [1.54, 1.807) is 13.2 Å². The molecule has 1 N–H and O–H groups in total. The van der Waals surface area contributed by atoms with Gasteiger partial charge in [-0.05, 0) is 42.4 Å². The SMILES string of the molecule is CCNC(c1cc(Cl)cc(Cl)c1)c1ccc(COC)o1. The number of hydrogen-bond donors (Lipinski definition) is 1. The molecular weight excluding hydrogens is 297 g/mol. The summed E-state index contributed by atoms with van der Waals surface area (Å²) in [7, 11) is 1.64. The Morgan fingerprint density at radius 2 is 1.90 bits per heavy atom. The van der Waals surface area contributed by atoms with Gasteiger partial charge in [0.1, 0.15) is 18.1 Å². The van der Waals surface area contributed by atoms with Gasteiger partial charge in [-0.1, -0.05) is 30.1 Å². The second-order valence-corrected chi connectivity index (χ2v) is 5.30. The number of hydrogen-bond acceptors (Lipinski definition) is 3. The number of halogens is 2. The fraction of sp³-hybridized carbons (Fsp3) is 0.333. The lowest BCUT2D eigenvalue weighted by molar-refractivity contribution is 0.162. The number of rotatable bonds is 6. The van der Waals surface area contributed by atoms with Crippen LogP contribution in [0.1, 0.15) is 30.0 Å². The molecular formula is C15H17Cl2NO2. The third kappa shape index (κ3) is 3.76. The molecule has 0 saturated heterocycles. The molecule has 1 aromatic carbocycles. The molecule has 0 amide bonds. The topological polar surface area (TPSA) is 34.4 Å². The minimum atomic E-state index is -0.0817. The molecule has 0 fully saturated rings. The first kappa shape index (κ1) is 15.4. The van der Waals surface area contributed by atoms with E-state index in [-0.39, 0.29) is 6.04 Å². The lowest BCUT2D eigenvalue weighted by Crippen LogP contribution is -2.21. The molecule has 1 heterocycles. The van der Waals surface area contributed by atoms with Crippen molar-refractivity contribution >= 4 is 23.2 Å². The molecule has 5 heteroatoms. The Hall–Kier alpha value is -1.00. The van der Waals surface area contributed by atoms with Crippen LogP contribution in [-0.2, 0) is 11.3 Å². The van der Waals surface area contributed by atoms with Gasteiger partial charge in [0.05, 0.1) is 6.04 Å². The first-order valence-corrected chi connectivity index (χ1v) is 7.16. The van der Waals surface area contributed by atoms with Crippen LogP contribution in [0.5, 0.6) is 0 Å². The zero-order valence-electron chi connectivity index (χ0n) is 11.5. The van der Waals surface area contributed by atoms with Gasteiger partial charge in [-0.2, -0.15) is 0 Å². The summed E-state index contributed by atoms with van der Waals surface area (Å²) in [5.41, 5.74) is 0.975. The van der Waals surface area contributed by atoms with Crippen molar-refractivity contribution in [1.82, 2.24) is 5.32 Å². The van der Waals surface area contributed by atoms with Crippen molar-refractivity contribution < 1.29 is 9.15 Å². The van der Waals surface area contributed by atoms with E-state index in [9.17, 15) is 0 Å². The van der Waals surface area contributed by atoms with Gasteiger partial charge < -0.3 is 14.5 Å². The standard InChI is InChI=1S/C15H17Cl2NO2/c1-3-18-15(10-6-11(16)8-12(17)7-10)14-5-4-13(20-14)9-19-2/h4-8,15,18H,3,9H2,1-2H3. The Balaban J connectivity index is 2.33. The van der Waals surface area contributed by atoms with E-state index in [0.717, 1.165) is 23.6 Å². The van der Waals surface area contributed by atoms with Gasteiger partial charge in [-0.3, -0.25) is 0 Å². The molecule has 1 aromatic heterocycles. The number of nitrogens with one attached hydrogen (secondary N) is 1. The van der Waals surface area contributed by atoms with Crippen LogP contribution in [-0.4, -0.2) is 13.7 Å². The van der Waals surface area contributed by atoms with Crippen molar-refractivity contribution in [3.8, 4) is 0 Å². The van der Waals surface area contributed by atoms with Crippen molar-refractivity contribution in [1.29, 1.82) is 0 Å². The van der Waals surface area contributed by atoms with Crippen LogP contribution < -0.4 is 5.32 Å². The van der Waals surface area contributed by atoms with Crippen LogP contribution in [0.25, 0.3) is 0 Å². The molecule has 108 valence electrons. The molecule has 0 saturated carbocycles. The van der Waals surface area contributed by atoms with Gasteiger partial charge >= 0.3 is 0 Å². The molecule has 0 radical (unpaired) electrons. The first-order valence-electron chi connectivity index (χ1n) is 6.41. The Bertz CT molecular complexity index is 549. The monoisotopic (exact) mass is 313 g/mol. The van der Waals surface area contributed by atoms with E-state index in [0.29, 0.717) is 16.7 Å². The molecule has 0 bridgehead atoms. The van der Waals surface area contributed by atoms with E-state index in [1.807, 2.05) is 31.2 Å². The summed E-state index contributed by atoms with van der Waals surface area (Å²) in [6, 6.07) is 9.26. The van der Waals surface area contributed by atoms with E-state index < -0.39 is 0 Å². The first-order chi connectivity index (χ1) is 9.63. The highest BCUT2D eigenvalue weighted by atomic mass is 35.5. The molecule has 2 rings (SSSR count). The average molecular weight is 314 g/mol. The molecule has 2 aromatic rings. The number of ether oxygens (including phenoxy) is 1. The second-order valence-electron chi connectivity index (χ2n) is 4.43. The summed E-state index contributed by atoms with van der Waals surface area (Å²) >= 11 is 12.1. The molecule has 1 atom stereocenters. The lowest BCUT2D eigenvalue weighted by Gasteiger charge is -2.16. The number of methoxy groups -OCH3 is 1. The van der Waals surface area contributed by atoms with Gasteiger partial charge in [0, 0.05) is 17.2 Å². The summed E-state index contributed by atoms with van der Waals surface area (Å²) < 4.78 is 10.9. The Morgan fingerprint density at radius 1 is 1.20 bits per heavy atom. The zero-order valence-corrected chi connectivity index (χ0v) is 13.0. The summed E-state index contributed by atoms with van der Waals surface area (Å²) in [4.78, 5) is 0. The van der Waals surface area contributed by atoms with Gasteiger partial charge in [0.2, 0.25) is 0 Å². The molecule has 0 aliphatic carbocycles. The molecule has 0 aliphatic heterocycles. The third-order valence-corrected chi connectivity index (χ3v) is 3.32. The van der Waals surface area contributed by atoms with Crippen molar-refractivity contribution in [3.63, 3.8) is 0 Å². The third-order valence-electron chi connectivity index (χ3n) is 2.88. The maximum atomic E-state index is 6.07. The van der Waals surface area contributed by atoms with E-state index in [2.05, 4.69) is 5.32 Å². The summed E-state index contributed by atoms with van der Waals surface area (Å²) in [5.74, 6) is 1.61. The van der Waals surface area contributed by atoms with Crippen LogP contribution in [0.2, 0.25) is 10.0 Å². The molecule has 20 heavy (non-hydrogen) atoms.